The zero-order valence-corrected chi connectivity index (χ0v) is 15.4. The van der Waals surface area contributed by atoms with Gasteiger partial charge in [-0.25, -0.2) is 0 Å². The summed E-state index contributed by atoms with van der Waals surface area (Å²) in [6.45, 7) is 5.11. The number of ether oxygens (including phenoxy) is 2. The summed E-state index contributed by atoms with van der Waals surface area (Å²) < 4.78 is 12.5. The molecule has 0 saturated carbocycles. The van der Waals surface area contributed by atoms with Crippen molar-refractivity contribution in [1.29, 1.82) is 5.41 Å². The van der Waals surface area contributed by atoms with Gasteiger partial charge < -0.3 is 24.8 Å². The third-order valence-electron chi connectivity index (χ3n) is 4.91. The Hall–Kier alpha value is -2.60. The highest BCUT2D eigenvalue weighted by Gasteiger charge is 2.25. The number of pyridine rings is 1. The van der Waals surface area contributed by atoms with Crippen molar-refractivity contribution >= 4 is 11.9 Å². The van der Waals surface area contributed by atoms with E-state index in [9.17, 15) is 4.79 Å². The van der Waals surface area contributed by atoms with Gasteiger partial charge in [-0.15, -0.1) is 0 Å². The molecular weight excluding hydrogens is 330 g/mol. The monoisotopic (exact) mass is 355 g/mol. The lowest BCUT2D eigenvalue weighted by atomic mass is 10.1. The summed E-state index contributed by atoms with van der Waals surface area (Å²) in [5.74, 6) is 0.783. The van der Waals surface area contributed by atoms with Gasteiger partial charge in [-0.2, -0.15) is 0 Å². The van der Waals surface area contributed by atoms with Crippen LogP contribution < -0.4 is 15.6 Å². The fourth-order valence-corrected chi connectivity index (χ4v) is 3.28. The predicted octanol–water partition coefficient (Wildman–Crippen LogP) is 2.80. The molecule has 2 heterocycles. The predicted molar refractivity (Wildman–Crippen MR) is 103 cm³/mol. The standard InChI is InChI=1S/C20H25N3O3/c1-13-10-19(22-18-8-9-26-14(18)2)17(11-21)20(24)23(13)12-15-4-6-16(25-3)7-5-15/h4-7,10-11,14,18,21-22H,8-9,12H2,1-3H3/t14-,18?/m0/s1. The van der Waals surface area contributed by atoms with Crippen LogP contribution >= 0.6 is 0 Å². The van der Waals surface area contributed by atoms with Gasteiger partial charge in [-0.3, -0.25) is 4.79 Å². The molecule has 0 amide bonds. The van der Waals surface area contributed by atoms with Gasteiger partial charge in [0.2, 0.25) is 0 Å². The average molecular weight is 355 g/mol. The molecule has 138 valence electrons. The van der Waals surface area contributed by atoms with Gasteiger partial charge in [0.1, 0.15) is 5.75 Å². The van der Waals surface area contributed by atoms with Crippen LogP contribution in [0.2, 0.25) is 0 Å². The lowest BCUT2D eigenvalue weighted by Gasteiger charge is -2.21. The maximum absolute atomic E-state index is 12.9. The van der Waals surface area contributed by atoms with Gasteiger partial charge in [-0.1, -0.05) is 12.1 Å². The number of aryl methyl sites for hydroxylation is 1. The number of anilines is 1. The van der Waals surface area contributed by atoms with Gasteiger partial charge in [0.05, 0.1) is 37.1 Å². The minimum atomic E-state index is -0.162. The van der Waals surface area contributed by atoms with Gasteiger partial charge in [-0.05, 0) is 44.0 Å². The van der Waals surface area contributed by atoms with E-state index in [1.165, 1.54) is 0 Å². The Bertz CT molecular complexity index is 843. The first-order chi connectivity index (χ1) is 12.5. The number of rotatable bonds is 6. The first-order valence-corrected chi connectivity index (χ1v) is 8.79. The zero-order valence-electron chi connectivity index (χ0n) is 15.4. The van der Waals surface area contributed by atoms with Gasteiger partial charge in [0.25, 0.3) is 5.56 Å². The Morgan fingerprint density at radius 3 is 2.69 bits per heavy atom. The molecule has 1 saturated heterocycles. The van der Waals surface area contributed by atoms with Crippen molar-refractivity contribution in [2.75, 3.05) is 19.0 Å². The summed E-state index contributed by atoms with van der Waals surface area (Å²) in [6, 6.07) is 9.74. The summed E-state index contributed by atoms with van der Waals surface area (Å²) >= 11 is 0. The molecule has 0 spiro atoms. The molecule has 26 heavy (non-hydrogen) atoms. The molecule has 6 nitrogen and oxygen atoms in total. The number of benzene rings is 1. The van der Waals surface area contributed by atoms with Gasteiger partial charge >= 0.3 is 0 Å². The van der Waals surface area contributed by atoms with Crippen molar-refractivity contribution in [3.63, 3.8) is 0 Å². The third-order valence-corrected chi connectivity index (χ3v) is 4.91. The summed E-state index contributed by atoms with van der Waals surface area (Å²) in [7, 11) is 1.63. The highest BCUT2D eigenvalue weighted by atomic mass is 16.5. The van der Waals surface area contributed by atoms with Crippen LogP contribution in [0.15, 0.2) is 35.1 Å². The molecule has 6 heteroatoms. The van der Waals surface area contributed by atoms with Gasteiger partial charge in [0, 0.05) is 18.5 Å². The second-order valence-electron chi connectivity index (χ2n) is 6.61. The lowest BCUT2D eigenvalue weighted by molar-refractivity contribution is 0.121. The minimum Gasteiger partial charge on any atom is -0.497 e. The van der Waals surface area contributed by atoms with Crippen LogP contribution in [0.3, 0.4) is 0 Å². The van der Waals surface area contributed by atoms with Crippen molar-refractivity contribution in [3.8, 4) is 5.75 Å². The van der Waals surface area contributed by atoms with Crippen molar-refractivity contribution in [2.45, 2.75) is 39.0 Å². The number of aromatic nitrogens is 1. The Balaban J connectivity index is 1.91. The molecule has 0 radical (unpaired) electrons. The summed E-state index contributed by atoms with van der Waals surface area (Å²) in [5, 5.41) is 11.1. The van der Waals surface area contributed by atoms with Crippen LogP contribution in [0.4, 0.5) is 5.69 Å². The molecule has 1 aliphatic rings. The van der Waals surface area contributed by atoms with E-state index in [2.05, 4.69) is 5.32 Å². The average Bonchev–Trinajstić information content (AvgIpc) is 3.04. The Morgan fingerprint density at radius 1 is 1.38 bits per heavy atom. The van der Waals surface area contributed by atoms with Gasteiger partial charge in [0.15, 0.2) is 0 Å². The smallest absolute Gasteiger partial charge is 0.261 e. The number of nitrogens with one attached hydrogen (secondary N) is 2. The molecule has 0 bridgehead atoms. The molecule has 1 fully saturated rings. The molecule has 0 aliphatic carbocycles. The maximum Gasteiger partial charge on any atom is 0.261 e. The van der Waals surface area contributed by atoms with Crippen LogP contribution in [0.5, 0.6) is 5.75 Å². The van der Waals surface area contributed by atoms with Crippen LogP contribution in [-0.4, -0.2) is 36.6 Å². The lowest BCUT2D eigenvalue weighted by Crippen LogP contribution is -2.31. The second kappa shape index (κ2) is 7.74. The Morgan fingerprint density at radius 2 is 2.12 bits per heavy atom. The number of hydrogen-bond acceptors (Lipinski definition) is 5. The molecule has 2 N–H and O–H groups in total. The van der Waals surface area contributed by atoms with E-state index in [0.717, 1.165) is 29.6 Å². The minimum absolute atomic E-state index is 0.0932. The van der Waals surface area contributed by atoms with E-state index in [4.69, 9.17) is 14.9 Å². The quantitative estimate of drug-likeness (QED) is 0.781. The summed E-state index contributed by atoms with van der Waals surface area (Å²) in [5.41, 5.74) is 2.78. The second-order valence-corrected chi connectivity index (χ2v) is 6.61. The van der Waals surface area contributed by atoms with E-state index in [1.807, 2.05) is 44.2 Å². The van der Waals surface area contributed by atoms with E-state index < -0.39 is 0 Å². The molecule has 1 aromatic heterocycles. The molecule has 1 unspecified atom stereocenters. The largest absolute Gasteiger partial charge is 0.497 e. The highest BCUT2D eigenvalue weighted by molar-refractivity contribution is 5.85. The normalized spacial score (nSPS) is 19.3. The molecule has 3 rings (SSSR count). The fourth-order valence-electron chi connectivity index (χ4n) is 3.28. The third kappa shape index (κ3) is 3.65. The zero-order chi connectivity index (χ0) is 18.7. The maximum atomic E-state index is 12.9. The molecule has 1 aromatic carbocycles. The Kier molecular flexibility index (Phi) is 5.42. The first-order valence-electron chi connectivity index (χ1n) is 8.79. The van der Waals surface area contributed by atoms with E-state index in [1.54, 1.807) is 11.7 Å². The SMILES string of the molecule is COc1ccc(Cn2c(C)cc(NC3CCO[C@H]3C)c(C=N)c2=O)cc1. The van der Waals surface area contributed by atoms with Crippen molar-refractivity contribution in [3.05, 3.63) is 57.5 Å². The van der Waals surface area contributed by atoms with E-state index in [-0.39, 0.29) is 17.7 Å². The van der Waals surface area contributed by atoms with E-state index >= 15 is 0 Å². The van der Waals surface area contributed by atoms with E-state index in [0.29, 0.717) is 24.4 Å². The van der Waals surface area contributed by atoms with Crippen molar-refractivity contribution in [1.82, 2.24) is 4.57 Å². The number of nitrogens with zero attached hydrogens (tertiary/aromatic N) is 1. The van der Waals surface area contributed by atoms with Crippen LogP contribution in [0.1, 0.15) is 30.2 Å². The molecule has 1 aliphatic heterocycles. The van der Waals surface area contributed by atoms with Crippen molar-refractivity contribution in [2.24, 2.45) is 0 Å². The van der Waals surface area contributed by atoms with Crippen LogP contribution in [0, 0.1) is 12.3 Å². The topological polar surface area (TPSA) is 76.3 Å². The number of methoxy groups -OCH3 is 1. The van der Waals surface area contributed by atoms with Crippen molar-refractivity contribution < 1.29 is 9.47 Å². The summed E-state index contributed by atoms with van der Waals surface area (Å²) in [4.78, 5) is 12.9. The number of hydrogen-bond donors (Lipinski definition) is 2. The fraction of sp³-hybridized carbons (Fsp3) is 0.400. The summed E-state index contributed by atoms with van der Waals surface area (Å²) in [6.07, 6.45) is 2.12. The van der Waals surface area contributed by atoms with Crippen LogP contribution in [0.25, 0.3) is 0 Å². The molecule has 2 aromatic rings. The van der Waals surface area contributed by atoms with Crippen LogP contribution in [-0.2, 0) is 11.3 Å². The first kappa shape index (κ1) is 18.2. The highest BCUT2D eigenvalue weighted by Crippen LogP contribution is 2.21. The molecular formula is C20H25N3O3. The molecule has 2 atom stereocenters. The Labute approximate surface area is 153 Å².